The summed E-state index contributed by atoms with van der Waals surface area (Å²) in [5.41, 5.74) is 6.80. The van der Waals surface area contributed by atoms with Crippen LogP contribution in [0.1, 0.15) is 95.1 Å². The van der Waals surface area contributed by atoms with Gasteiger partial charge in [-0.05, 0) is 153 Å². The van der Waals surface area contributed by atoms with Crippen LogP contribution in [0.2, 0.25) is 0 Å². The summed E-state index contributed by atoms with van der Waals surface area (Å²) in [5.74, 6) is 0.0663. The van der Waals surface area contributed by atoms with E-state index in [1.165, 1.54) is 18.6 Å². The summed E-state index contributed by atoms with van der Waals surface area (Å²) in [6.45, 7) is 5.65. The first kappa shape index (κ1) is 57.3. The largest absolute Gasteiger partial charge is 0.479 e. The van der Waals surface area contributed by atoms with Crippen LogP contribution in [-0.4, -0.2) is 152 Å². The van der Waals surface area contributed by atoms with Gasteiger partial charge in [0.2, 0.25) is 18.1 Å². The van der Waals surface area contributed by atoms with E-state index in [-0.39, 0.29) is 71.8 Å². The van der Waals surface area contributed by atoms with Crippen molar-refractivity contribution >= 4 is 41.1 Å². The van der Waals surface area contributed by atoms with Crippen LogP contribution in [-0.2, 0) is 55.9 Å². The van der Waals surface area contributed by atoms with Crippen molar-refractivity contribution in [2.24, 2.45) is 75.2 Å². The summed E-state index contributed by atoms with van der Waals surface area (Å²) in [5, 5.41) is 75.6. The maximum Gasteiger partial charge on any atom is 0.407 e. The number of carbonyl (C=O) groups is 6. The molecule has 2 aliphatic heterocycles. The number of amides is 3. The molecule has 15 atom stereocenters. The molecular formula is C62H77N5O17. The number of aliphatic hydroxyl groups excluding tert-OH is 5. The van der Waals surface area contributed by atoms with Crippen LogP contribution in [0.15, 0.2) is 66.3 Å². The lowest BCUT2D eigenvalue weighted by molar-refractivity contribution is -0.624. The number of hydrogen-bond donors (Lipinski definition) is 11. The molecule has 10 aliphatic carbocycles. The quantitative estimate of drug-likeness (QED) is 0.0752. The zero-order valence-corrected chi connectivity index (χ0v) is 47.3. The van der Waals surface area contributed by atoms with Crippen molar-refractivity contribution in [1.82, 2.24) is 16.0 Å². The van der Waals surface area contributed by atoms with Gasteiger partial charge < -0.3 is 81.3 Å². The fraction of sp³-hybridized carbons (Fsp3) is 0.645. The summed E-state index contributed by atoms with van der Waals surface area (Å²) < 4.78 is 30.7. The van der Waals surface area contributed by atoms with Crippen LogP contribution in [0.5, 0.6) is 5.75 Å². The number of allylic oxidation sites excluding steroid dienone is 4. The van der Waals surface area contributed by atoms with Crippen LogP contribution >= 0.6 is 0 Å². The minimum Gasteiger partial charge on any atom is -0.479 e. The Morgan fingerprint density at radius 1 is 0.869 bits per heavy atom. The summed E-state index contributed by atoms with van der Waals surface area (Å²) >= 11 is 0. The Labute approximate surface area is 485 Å². The molecule has 2 aromatic rings. The standard InChI is InChI=1S/C62H77N5O17/c1-28(69)66-36(7-4-5-18-63)53(76)65-20-6-19-64-37-21-30(10-15-39(37)81-56-51(75)49(73)50(74)52(83-56)54(77)78)27-80-57(79)67-61-46-43-47(61)45-48(61)44(46)60(43,45)24-29-8-11-31(12-9-29)55-82-41-23-35-34-14-13-32-22-33(70)16-17-58(32,2)42(34)38(71)25-59(35,3)62(41,84-55)40(72)26-68/h8-12,15-17,21-22,34-36,38,41-52,55-56,64,68,71,73-75H,4-7,13-14,18-20,23-27,63H2,1-3H3,(H,65,76)(H,66,69)(H,67,79)(H,77,78)/t34-,35-,36-,38-,41+,42+,43?,44?,45?,46?,47?,48?,49-,50-,51+,52-,55+,56+,58-,59-,60?,61?,62+/m0/s1. The minimum absolute atomic E-state index is 0.00286. The van der Waals surface area contributed by atoms with E-state index in [1.807, 2.05) is 25.1 Å². The lowest BCUT2D eigenvalue weighted by atomic mass is 8.94. The van der Waals surface area contributed by atoms with E-state index >= 15 is 0 Å². The van der Waals surface area contributed by atoms with Gasteiger partial charge >= 0.3 is 12.1 Å². The lowest BCUT2D eigenvalue weighted by Crippen LogP contribution is -3.15. The summed E-state index contributed by atoms with van der Waals surface area (Å²) in [4.78, 5) is 76.7. The molecule has 12 N–H and O–H groups in total. The molecule has 12 aliphatic rings. The molecule has 84 heavy (non-hydrogen) atoms. The first-order valence-corrected chi connectivity index (χ1v) is 30.0. The van der Waals surface area contributed by atoms with E-state index in [9.17, 15) is 59.4 Å². The van der Waals surface area contributed by atoms with Gasteiger partial charge in [0, 0.05) is 42.3 Å². The van der Waals surface area contributed by atoms with Gasteiger partial charge in [0.15, 0.2) is 29.6 Å². The molecule has 14 rings (SSSR count). The number of fused-ring (bicyclic) bond motifs is 7. The number of Topliss-reactive ketones (excluding diaryl/α,β-unsaturated/α-hetero) is 1. The number of nitrogens with one attached hydrogen (secondary N) is 4. The third kappa shape index (κ3) is 8.06. The summed E-state index contributed by atoms with van der Waals surface area (Å²) in [6, 6.07) is 12.4. The van der Waals surface area contributed by atoms with Gasteiger partial charge in [-0.25, -0.2) is 9.59 Å². The molecule has 3 amide bonds. The molecule has 0 unspecified atom stereocenters. The number of carbonyl (C=O) groups excluding carboxylic acids is 5. The number of unbranched alkanes of at least 4 members (excludes halogenated alkanes) is 1. The second-order valence-corrected chi connectivity index (χ2v) is 26.5. The third-order valence-electron chi connectivity index (χ3n) is 22.8. The van der Waals surface area contributed by atoms with Gasteiger partial charge in [-0.1, -0.05) is 55.8 Å². The zero-order chi connectivity index (χ0) is 59.2. The second kappa shape index (κ2) is 20.7. The Morgan fingerprint density at radius 3 is 2.29 bits per heavy atom. The number of anilines is 1. The van der Waals surface area contributed by atoms with Crippen molar-refractivity contribution in [2.45, 2.75) is 152 Å². The Kier molecular flexibility index (Phi) is 14.1. The first-order valence-electron chi connectivity index (χ1n) is 30.0. The van der Waals surface area contributed by atoms with E-state index < -0.39 is 96.1 Å². The van der Waals surface area contributed by atoms with Gasteiger partial charge in [-0.15, -0.1) is 0 Å². The van der Waals surface area contributed by atoms with Crippen LogP contribution < -0.4 is 31.7 Å². The highest BCUT2D eigenvalue weighted by molar-refractivity contribution is 6.01. The highest BCUT2D eigenvalue weighted by Gasteiger charge is 3.10. The molecule has 11 fully saturated rings. The fourth-order valence-corrected chi connectivity index (χ4v) is 19.5. The van der Waals surface area contributed by atoms with Gasteiger partial charge in [0.1, 0.15) is 43.3 Å². The molecule has 0 spiro atoms. The number of carboxylic acids is 1. The van der Waals surface area contributed by atoms with Crippen molar-refractivity contribution in [3.8, 4) is 5.75 Å². The van der Waals surface area contributed by atoms with Gasteiger partial charge in [-0.3, -0.25) is 19.2 Å². The molecule has 22 nitrogen and oxygen atoms in total. The van der Waals surface area contributed by atoms with Crippen LogP contribution in [0.4, 0.5) is 10.5 Å². The molecule has 0 aromatic heterocycles. The number of aliphatic carboxylic acids is 1. The predicted octanol–water partition coefficient (Wildman–Crippen LogP) is 2.07. The van der Waals surface area contributed by atoms with Gasteiger partial charge in [0.25, 0.3) is 0 Å². The monoisotopic (exact) mass is 1160 g/mol. The molecule has 452 valence electrons. The van der Waals surface area contributed by atoms with Crippen molar-refractivity contribution < 1.29 is 83.1 Å². The van der Waals surface area contributed by atoms with E-state index in [0.717, 1.165) is 30.4 Å². The van der Waals surface area contributed by atoms with Crippen molar-refractivity contribution in [3.63, 3.8) is 0 Å². The number of hydrogen-bond acceptors (Lipinski definition) is 18. The number of ketones is 2. The predicted molar refractivity (Wildman–Crippen MR) is 294 cm³/mol. The molecule has 2 heterocycles. The van der Waals surface area contributed by atoms with E-state index in [4.69, 9.17) is 29.4 Å². The van der Waals surface area contributed by atoms with Crippen molar-refractivity contribution in [3.05, 3.63) is 83.0 Å². The number of ether oxygens (including phenoxy) is 5. The first-order chi connectivity index (χ1) is 40.2. The Morgan fingerprint density at radius 2 is 1.60 bits per heavy atom. The van der Waals surface area contributed by atoms with Crippen LogP contribution in [0.25, 0.3) is 0 Å². The number of rotatable bonds is 22. The number of benzene rings is 2. The molecule has 2 aromatic carbocycles. The topological polar surface area (TPSA) is 344 Å². The average molecular weight is 1160 g/mol. The molecule has 0 radical (unpaired) electrons. The maximum atomic E-state index is 14.1. The van der Waals surface area contributed by atoms with Gasteiger partial charge in [-0.2, -0.15) is 0 Å². The lowest BCUT2D eigenvalue weighted by Gasteiger charge is -3.11. The van der Waals surface area contributed by atoms with Crippen molar-refractivity contribution in [1.29, 1.82) is 0 Å². The smallest absolute Gasteiger partial charge is 0.407 e. The SMILES string of the molecule is CC(=O)N[C@@H](CCCCN)C(=O)NCCCNc1cc(COC(=O)NC23C4C5C2C2C3C4C52Cc2ccc([C@@H]3O[C@@H]4C[C@H]5[C@@H]6CCC7=CC(=O)C=C[C@]7(C)[C@H]6[C@@H](O)C[C@]5(C)[C@]4(C(=O)CO)O3)cc2)ccc1O[C@@H]1O[C@H](C(=O)O)[C@@H](O)[C@H](O)[C@H]1O. The Bertz CT molecular complexity index is 3040. The third-order valence-corrected chi connectivity index (χ3v) is 22.8. The molecule has 0 bridgehead atoms. The average Bonchev–Trinajstić information content (AvgIpc) is 0.601. The number of nitrogens with two attached hydrogens (primary N) is 1. The van der Waals surface area contributed by atoms with Crippen LogP contribution in [0, 0.1) is 69.5 Å². The number of carboxylic acid groups (broad SMARTS) is 1. The molecule has 9 saturated carbocycles. The van der Waals surface area contributed by atoms with E-state index in [0.29, 0.717) is 91.8 Å². The zero-order valence-electron chi connectivity index (χ0n) is 47.3. The highest BCUT2D eigenvalue weighted by Crippen LogP contribution is 3.07. The van der Waals surface area contributed by atoms with Crippen LogP contribution in [0.3, 0.4) is 0 Å². The Hall–Kier alpha value is -5.82. The highest BCUT2D eigenvalue weighted by atomic mass is 16.7. The maximum absolute atomic E-state index is 14.1. The van der Waals surface area contributed by atoms with E-state index in [2.05, 4.69) is 40.3 Å². The molecular weight excluding hydrogens is 1090 g/mol. The number of alkyl carbamates (subject to hydrolysis) is 1. The van der Waals surface area contributed by atoms with Gasteiger partial charge in [0.05, 0.1) is 23.4 Å². The second-order valence-electron chi connectivity index (χ2n) is 26.5. The van der Waals surface area contributed by atoms with Crippen molar-refractivity contribution in [2.75, 3.05) is 31.6 Å². The fourth-order valence-electron chi connectivity index (χ4n) is 19.5. The summed E-state index contributed by atoms with van der Waals surface area (Å²) in [6.07, 6.45) is -1.11. The number of aliphatic hydroxyl groups is 5. The molecule has 2 saturated heterocycles. The van der Waals surface area contributed by atoms with E-state index in [1.54, 1.807) is 24.3 Å². The Balaban J connectivity index is 0.619. The minimum atomic E-state index is -1.92. The summed E-state index contributed by atoms with van der Waals surface area (Å²) in [7, 11) is 0. The molecule has 22 heteroatoms. The normalized spacial score (nSPS) is 42.7.